The van der Waals surface area contributed by atoms with Gasteiger partial charge in [-0.25, -0.2) is 0 Å². The topological polar surface area (TPSA) is 102 Å². The number of likely N-dealkylation sites (N-methyl/N-ethyl adjacent to an activating group) is 1. The van der Waals surface area contributed by atoms with Gasteiger partial charge in [0.2, 0.25) is 11.8 Å². The highest BCUT2D eigenvalue weighted by Gasteiger charge is 2.33. The van der Waals surface area contributed by atoms with Crippen molar-refractivity contribution in [3.63, 3.8) is 0 Å². The first-order valence-electron chi connectivity index (χ1n) is 11.4. The SMILES string of the molecule is CC(C)CC(NC(=O)C(Cc1cccc2ccccc12)NC(=O)C1CCCN1C)B(O)O. The van der Waals surface area contributed by atoms with Gasteiger partial charge in [0.05, 0.1) is 12.0 Å². The second-order valence-electron chi connectivity index (χ2n) is 9.20. The number of carbonyl (C=O) groups is 2. The van der Waals surface area contributed by atoms with Crippen molar-refractivity contribution in [2.24, 2.45) is 5.92 Å². The molecule has 2 aromatic carbocycles. The smallest absolute Gasteiger partial charge is 0.426 e. The molecule has 172 valence electrons. The minimum absolute atomic E-state index is 0.167. The molecule has 0 aliphatic carbocycles. The van der Waals surface area contributed by atoms with Crippen LogP contribution >= 0.6 is 0 Å². The first kappa shape index (κ1) is 24.2. The molecule has 0 spiro atoms. The van der Waals surface area contributed by atoms with Gasteiger partial charge in [-0.2, -0.15) is 0 Å². The Balaban J connectivity index is 1.84. The van der Waals surface area contributed by atoms with Crippen LogP contribution in [0.3, 0.4) is 0 Å². The van der Waals surface area contributed by atoms with Crippen LogP contribution in [0.25, 0.3) is 10.8 Å². The van der Waals surface area contributed by atoms with Gasteiger partial charge >= 0.3 is 7.12 Å². The number of carbonyl (C=O) groups excluding carboxylic acids is 2. The van der Waals surface area contributed by atoms with E-state index >= 15 is 0 Å². The van der Waals surface area contributed by atoms with Crippen molar-refractivity contribution in [3.05, 3.63) is 48.0 Å². The standard InChI is InChI=1S/C24H34BN3O4/c1-16(2)14-22(25(31)32)27-23(29)20(26-24(30)21-12-7-13-28(21)3)15-18-10-6-9-17-8-4-5-11-19(17)18/h4-6,8-11,16,20-22,31-32H,7,12-15H2,1-3H3,(H,26,30)(H,27,29). The third kappa shape index (κ3) is 6.09. The van der Waals surface area contributed by atoms with E-state index in [9.17, 15) is 19.6 Å². The van der Waals surface area contributed by atoms with Crippen LogP contribution in [-0.2, 0) is 16.0 Å². The maximum absolute atomic E-state index is 13.3. The summed E-state index contributed by atoms with van der Waals surface area (Å²) in [6, 6.07) is 12.8. The zero-order valence-corrected chi connectivity index (χ0v) is 19.1. The maximum Gasteiger partial charge on any atom is 0.475 e. The first-order chi connectivity index (χ1) is 15.3. The van der Waals surface area contributed by atoms with Crippen molar-refractivity contribution in [2.75, 3.05) is 13.6 Å². The summed E-state index contributed by atoms with van der Waals surface area (Å²) in [5.41, 5.74) is 0.952. The van der Waals surface area contributed by atoms with Crippen molar-refractivity contribution in [3.8, 4) is 0 Å². The number of fused-ring (bicyclic) bond motifs is 1. The summed E-state index contributed by atoms with van der Waals surface area (Å²) in [4.78, 5) is 28.2. The molecule has 3 atom stereocenters. The number of hydrogen-bond acceptors (Lipinski definition) is 5. The molecule has 0 saturated carbocycles. The molecule has 2 amide bonds. The van der Waals surface area contributed by atoms with E-state index in [0.717, 1.165) is 35.7 Å². The molecule has 4 N–H and O–H groups in total. The Bertz CT molecular complexity index is 931. The lowest BCUT2D eigenvalue weighted by atomic mass is 9.75. The molecule has 3 unspecified atom stereocenters. The van der Waals surface area contributed by atoms with Gasteiger partial charge in [-0.1, -0.05) is 56.3 Å². The van der Waals surface area contributed by atoms with E-state index in [1.165, 1.54) is 0 Å². The van der Waals surface area contributed by atoms with Crippen LogP contribution < -0.4 is 10.6 Å². The summed E-state index contributed by atoms with van der Waals surface area (Å²) in [5, 5.41) is 27.3. The lowest BCUT2D eigenvalue weighted by Crippen LogP contribution is -2.56. The van der Waals surface area contributed by atoms with Gasteiger partial charge in [0, 0.05) is 6.42 Å². The number of nitrogens with zero attached hydrogens (tertiary/aromatic N) is 1. The van der Waals surface area contributed by atoms with Crippen LogP contribution in [0.15, 0.2) is 42.5 Å². The molecule has 0 aromatic heterocycles. The van der Waals surface area contributed by atoms with Crippen molar-refractivity contribution in [2.45, 2.75) is 57.6 Å². The molecular weight excluding hydrogens is 405 g/mol. The van der Waals surface area contributed by atoms with E-state index in [-0.39, 0.29) is 17.9 Å². The zero-order chi connectivity index (χ0) is 23.3. The number of likely N-dealkylation sites (tertiary alicyclic amines) is 1. The van der Waals surface area contributed by atoms with Crippen molar-refractivity contribution in [1.82, 2.24) is 15.5 Å². The molecular formula is C24H34BN3O4. The maximum atomic E-state index is 13.3. The number of nitrogens with one attached hydrogen (secondary N) is 2. The normalized spacial score (nSPS) is 18.5. The minimum Gasteiger partial charge on any atom is -0.426 e. The molecule has 1 aliphatic rings. The minimum atomic E-state index is -1.67. The summed E-state index contributed by atoms with van der Waals surface area (Å²) < 4.78 is 0. The molecule has 7 nitrogen and oxygen atoms in total. The lowest BCUT2D eigenvalue weighted by molar-refractivity contribution is -0.131. The van der Waals surface area contributed by atoms with Gasteiger partial charge in [-0.3, -0.25) is 14.5 Å². The second-order valence-corrected chi connectivity index (χ2v) is 9.20. The van der Waals surface area contributed by atoms with E-state index < -0.39 is 25.0 Å². The molecule has 1 saturated heterocycles. The van der Waals surface area contributed by atoms with Crippen LogP contribution in [0.2, 0.25) is 0 Å². The second kappa shape index (κ2) is 10.9. The summed E-state index contributed by atoms with van der Waals surface area (Å²) in [6.45, 7) is 4.76. The zero-order valence-electron chi connectivity index (χ0n) is 19.1. The van der Waals surface area contributed by atoms with Gasteiger partial charge < -0.3 is 20.7 Å². The Morgan fingerprint density at radius 2 is 1.84 bits per heavy atom. The molecule has 0 bridgehead atoms. The fraction of sp³-hybridized carbons (Fsp3) is 0.500. The molecule has 0 radical (unpaired) electrons. The number of hydrogen-bond donors (Lipinski definition) is 4. The third-order valence-electron chi connectivity index (χ3n) is 6.17. The predicted octanol–water partition coefficient (Wildman–Crippen LogP) is 1.50. The summed E-state index contributed by atoms with van der Waals surface area (Å²) in [6.07, 6.45) is 2.44. The first-order valence-corrected chi connectivity index (χ1v) is 11.4. The van der Waals surface area contributed by atoms with E-state index in [1.807, 2.05) is 68.3 Å². The Morgan fingerprint density at radius 1 is 1.12 bits per heavy atom. The fourth-order valence-corrected chi connectivity index (χ4v) is 4.46. The van der Waals surface area contributed by atoms with Crippen molar-refractivity contribution in [1.29, 1.82) is 0 Å². The average Bonchev–Trinajstić information content (AvgIpc) is 3.18. The van der Waals surface area contributed by atoms with Crippen LogP contribution in [0.1, 0.15) is 38.7 Å². The summed E-state index contributed by atoms with van der Waals surface area (Å²) >= 11 is 0. The monoisotopic (exact) mass is 439 g/mol. The Hall–Kier alpha value is -2.42. The van der Waals surface area contributed by atoms with Gasteiger partial charge in [0.1, 0.15) is 6.04 Å². The Morgan fingerprint density at radius 3 is 2.50 bits per heavy atom. The molecule has 2 aromatic rings. The summed E-state index contributed by atoms with van der Waals surface area (Å²) in [7, 11) is 0.244. The highest BCUT2D eigenvalue weighted by atomic mass is 16.4. The lowest BCUT2D eigenvalue weighted by Gasteiger charge is -2.26. The predicted molar refractivity (Wildman–Crippen MR) is 127 cm³/mol. The quantitative estimate of drug-likeness (QED) is 0.444. The molecule has 1 heterocycles. The van der Waals surface area contributed by atoms with E-state index in [2.05, 4.69) is 10.6 Å². The molecule has 1 fully saturated rings. The summed E-state index contributed by atoms with van der Waals surface area (Å²) in [5.74, 6) is -1.22. The van der Waals surface area contributed by atoms with Gasteiger partial charge in [0.25, 0.3) is 0 Å². The van der Waals surface area contributed by atoms with Crippen LogP contribution in [0.4, 0.5) is 0 Å². The largest absolute Gasteiger partial charge is 0.475 e. The van der Waals surface area contributed by atoms with Gasteiger partial charge in [0.15, 0.2) is 0 Å². The average molecular weight is 439 g/mol. The Kier molecular flexibility index (Phi) is 8.29. The molecule has 8 heteroatoms. The van der Waals surface area contributed by atoms with Crippen LogP contribution in [-0.4, -0.2) is 65.5 Å². The van der Waals surface area contributed by atoms with E-state index in [4.69, 9.17) is 0 Å². The molecule has 32 heavy (non-hydrogen) atoms. The van der Waals surface area contributed by atoms with Crippen molar-refractivity contribution < 1.29 is 19.6 Å². The van der Waals surface area contributed by atoms with Gasteiger partial charge in [-0.15, -0.1) is 0 Å². The highest BCUT2D eigenvalue weighted by Crippen LogP contribution is 2.21. The van der Waals surface area contributed by atoms with E-state index in [1.54, 1.807) is 0 Å². The number of rotatable bonds is 9. The molecule has 1 aliphatic heterocycles. The fourth-order valence-electron chi connectivity index (χ4n) is 4.46. The van der Waals surface area contributed by atoms with Crippen LogP contribution in [0.5, 0.6) is 0 Å². The van der Waals surface area contributed by atoms with Crippen molar-refractivity contribution >= 4 is 29.7 Å². The van der Waals surface area contributed by atoms with Crippen LogP contribution in [0, 0.1) is 5.92 Å². The number of benzene rings is 2. The highest BCUT2D eigenvalue weighted by molar-refractivity contribution is 6.43. The Labute approximate surface area is 190 Å². The number of amides is 2. The van der Waals surface area contributed by atoms with Gasteiger partial charge in [-0.05, 0) is 55.1 Å². The van der Waals surface area contributed by atoms with E-state index in [0.29, 0.717) is 12.8 Å². The third-order valence-corrected chi connectivity index (χ3v) is 6.17. The molecule has 3 rings (SSSR count).